The van der Waals surface area contributed by atoms with Crippen molar-refractivity contribution in [2.45, 2.75) is 58.2 Å². The fourth-order valence-electron chi connectivity index (χ4n) is 2.55. The molecule has 2 heterocycles. The number of carbonyl (C=O) groups is 2. The molecule has 0 radical (unpaired) electrons. The average molecular weight is 468 g/mol. The maximum absolute atomic E-state index is 13.1. The van der Waals surface area contributed by atoms with E-state index in [9.17, 15) is 27.9 Å². The highest BCUT2D eigenvalue weighted by molar-refractivity contribution is 5.96. The van der Waals surface area contributed by atoms with Crippen LogP contribution in [-0.2, 0) is 28.9 Å². The molecule has 178 valence electrons. The van der Waals surface area contributed by atoms with Crippen molar-refractivity contribution in [2.75, 3.05) is 5.32 Å². The number of alkyl halides is 3. The first kappa shape index (κ1) is 25.6. The second-order valence-electron chi connectivity index (χ2n) is 8.45. The van der Waals surface area contributed by atoms with Crippen LogP contribution in [0.4, 0.5) is 23.7 Å². The summed E-state index contributed by atoms with van der Waals surface area (Å²) in [7, 11) is 0. The van der Waals surface area contributed by atoms with Crippen LogP contribution in [0.15, 0.2) is 24.7 Å². The number of hydrogen-bond donors (Lipinski definition) is 3. The quantitative estimate of drug-likeness (QED) is 0.591. The van der Waals surface area contributed by atoms with Gasteiger partial charge in [0.05, 0.1) is 30.2 Å². The zero-order valence-corrected chi connectivity index (χ0v) is 18.3. The summed E-state index contributed by atoms with van der Waals surface area (Å²) in [4.78, 5) is 27.6. The number of alkyl carbamates (subject to hydrolysis) is 1. The molecule has 0 aliphatic rings. The highest BCUT2D eigenvalue weighted by Gasteiger charge is 2.36. The molecule has 0 unspecified atom stereocenters. The summed E-state index contributed by atoms with van der Waals surface area (Å²) in [6, 6.07) is 1.90. The van der Waals surface area contributed by atoms with Gasteiger partial charge in [-0.3, -0.25) is 9.48 Å². The maximum Gasteiger partial charge on any atom is 0.419 e. The number of anilines is 1. The number of aliphatic hydroxyl groups is 1. The van der Waals surface area contributed by atoms with Gasteiger partial charge in [-0.25, -0.2) is 9.78 Å². The molecule has 0 fully saturated rings. The summed E-state index contributed by atoms with van der Waals surface area (Å²) in [5.74, 6) is -1.01. The zero-order chi connectivity index (χ0) is 25.0. The number of rotatable bonds is 6. The van der Waals surface area contributed by atoms with Gasteiger partial charge in [0.2, 0.25) is 0 Å². The summed E-state index contributed by atoms with van der Waals surface area (Å²) >= 11 is 0. The van der Waals surface area contributed by atoms with Crippen LogP contribution in [0, 0.1) is 11.3 Å². The summed E-state index contributed by atoms with van der Waals surface area (Å²) in [6.07, 6.45) is -1.78. The predicted octanol–water partition coefficient (Wildman–Crippen LogP) is 2.58. The molecule has 0 aliphatic carbocycles. The van der Waals surface area contributed by atoms with Crippen molar-refractivity contribution in [1.82, 2.24) is 20.1 Å². The molecule has 1 atom stereocenters. The predicted molar refractivity (Wildman–Crippen MR) is 109 cm³/mol. The molecule has 2 amide bonds. The van der Waals surface area contributed by atoms with Gasteiger partial charge in [0, 0.05) is 17.3 Å². The number of nitrogens with zero attached hydrogens (tertiary/aromatic N) is 4. The van der Waals surface area contributed by atoms with E-state index in [1.807, 2.05) is 0 Å². The van der Waals surface area contributed by atoms with E-state index in [4.69, 9.17) is 10.00 Å². The molecule has 0 spiro atoms. The van der Waals surface area contributed by atoms with Crippen LogP contribution in [0.25, 0.3) is 0 Å². The van der Waals surface area contributed by atoms with Crippen LogP contribution >= 0.6 is 0 Å². The first-order chi connectivity index (χ1) is 15.1. The van der Waals surface area contributed by atoms with Crippen LogP contribution in [-0.4, -0.2) is 43.0 Å². The number of amides is 2. The third-order valence-electron chi connectivity index (χ3n) is 4.05. The number of nitrogens with one attached hydrogen (secondary N) is 2. The molecule has 2 aromatic rings. The van der Waals surface area contributed by atoms with E-state index >= 15 is 0 Å². The third kappa shape index (κ3) is 7.46. The monoisotopic (exact) mass is 468 g/mol. The van der Waals surface area contributed by atoms with Crippen molar-refractivity contribution < 1.29 is 32.6 Å². The fourth-order valence-corrected chi connectivity index (χ4v) is 2.55. The van der Waals surface area contributed by atoms with Gasteiger partial charge in [0.15, 0.2) is 11.3 Å². The van der Waals surface area contributed by atoms with E-state index in [1.54, 1.807) is 20.8 Å². The van der Waals surface area contributed by atoms with Crippen molar-refractivity contribution in [2.24, 2.45) is 0 Å². The van der Waals surface area contributed by atoms with Crippen molar-refractivity contribution >= 4 is 17.7 Å². The molecule has 2 rings (SSSR count). The Labute approximate surface area is 187 Å². The lowest BCUT2D eigenvalue weighted by Crippen LogP contribution is -2.44. The maximum atomic E-state index is 13.1. The van der Waals surface area contributed by atoms with E-state index in [1.165, 1.54) is 23.1 Å². The fraction of sp³-hybridized carbons (Fsp3) is 0.450. The molecule has 0 saturated carbocycles. The number of halogens is 3. The molecular weight excluding hydrogens is 445 g/mol. The molecule has 0 bridgehead atoms. The standard InChI is InChI=1S/C20H23F3N6O4/c1-18(2,3)28-17(31)33-10-12-7-26-29(9-12)11-19(4,32)16(30)27-13-5-14(20(21,22)23)15(6-24)25-8-13/h5,7-9,32H,10-11H2,1-4H3,(H,27,30)(H,28,31)/t19-/m0/s1. The molecule has 0 saturated heterocycles. The number of carbonyl (C=O) groups excluding carboxylic acids is 2. The Morgan fingerprint density at radius 1 is 1.24 bits per heavy atom. The number of aromatic nitrogens is 3. The van der Waals surface area contributed by atoms with Gasteiger partial charge in [-0.15, -0.1) is 0 Å². The second-order valence-corrected chi connectivity index (χ2v) is 8.45. The summed E-state index contributed by atoms with van der Waals surface area (Å²) in [5.41, 5.74) is -4.55. The topological polar surface area (TPSA) is 142 Å². The van der Waals surface area contributed by atoms with Gasteiger partial charge >= 0.3 is 12.3 Å². The smallest absolute Gasteiger partial charge is 0.419 e. The lowest BCUT2D eigenvalue weighted by atomic mass is 10.1. The van der Waals surface area contributed by atoms with Crippen molar-refractivity contribution in [3.05, 3.63) is 41.5 Å². The molecule has 13 heteroatoms. The molecule has 2 aromatic heterocycles. The SMILES string of the molecule is CC(C)(C)NC(=O)OCc1cnn(C[C@](C)(O)C(=O)Nc2cnc(C#N)c(C(F)(F)F)c2)c1. The van der Waals surface area contributed by atoms with E-state index < -0.39 is 40.6 Å². The number of nitriles is 1. The van der Waals surface area contributed by atoms with Gasteiger partial charge in [0.25, 0.3) is 5.91 Å². The normalized spacial score (nSPS) is 13.5. The van der Waals surface area contributed by atoms with E-state index in [2.05, 4.69) is 20.7 Å². The Morgan fingerprint density at radius 3 is 2.48 bits per heavy atom. The average Bonchev–Trinajstić information content (AvgIpc) is 3.11. The van der Waals surface area contributed by atoms with Crippen molar-refractivity contribution in [3.63, 3.8) is 0 Å². The van der Waals surface area contributed by atoms with Gasteiger partial charge in [-0.1, -0.05) is 0 Å². The minimum absolute atomic E-state index is 0.104. The Balaban J connectivity index is 2.03. The summed E-state index contributed by atoms with van der Waals surface area (Å²) in [6.45, 7) is 6.07. The molecule has 33 heavy (non-hydrogen) atoms. The van der Waals surface area contributed by atoms with E-state index in [0.717, 1.165) is 13.1 Å². The molecule has 3 N–H and O–H groups in total. The van der Waals surface area contributed by atoms with Crippen LogP contribution in [0.5, 0.6) is 0 Å². The van der Waals surface area contributed by atoms with Gasteiger partial charge in [0.1, 0.15) is 12.7 Å². The van der Waals surface area contributed by atoms with Gasteiger partial charge in [-0.05, 0) is 33.8 Å². The molecule has 0 aromatic carbocycles. The number of hydrogen-bond acceptors (Lipinski definition) is 7. The zero-order valence-electron chi connectivity index (χ0n) is 18.3. The van der Waals surface area contributed by atoms with Crippen LogP contribution in [0.2, 0.25) is 0 Å². The Hall–Kier alpha value is -3.66. The lowest BCUT2D eigenvalue weighted by molar-refractivity contribution is -0.138. The molecular formula is C20H23F3N6O4. The first-order valence-electron chi connectivity index (χ1n) is 9.58. The summed E-state index contributed by atoms with van der Waals surface area (Å²) in [5, 5.41) is 28.1. The summed E-state index contributed by atoms with van der Waals surface area (Å²) < 4.78 is 45.5. The Bertz CT molecular complexity index is 1070. The highest BCUT2D eigenvalue weighted by Crippen LogP contribution is 2.32. The molecule has 0 aliphatic heterocycles. The van der Waals surface area contributed by atoms with Crippen molar-refractivity contribution in [1.29, 1.82) is 5.26 Å². The Kier molecular flexibility index (Phi) is 7.33. The Morgan fingerprint density at radius 2 is 1.91 bits per heavy atom. The highest BCUT2D eigenvalue weighted by atomic mass is 19.4. The van der Waals surface area contributed by atoms with Crippen LogP contribution in [0.3, 0.4) is 0 Å². The minimum atomic E-state index is -4.85. The minimum Gasteiger partial charge on any atom is -0.445 e. The van der Waals surface area contributed by atoms with Crippen LogP contribution < -0.4 is 10.6 Å². The van der Waals surface area contributed by atoms with Crippen molar-refractivity contribution in [3.8, 4) is 6.07 Å². The van der Waals surface area contributed by atoms with E-state index in [-0.39, 0.29) is 18.8 Å². The van der Waals surface area contributed by atoms with Crippen LogP contribution in [0.1, 0.15) is 44.5 Å². The third-order valence-corrected chi connectivity index (χ3v) is 4.05. The van der Waals surface area contributed by atoms with Gasteiger partial charge in [-0.2, -0.15) is 23.5 Å². The van der Waals surface area contributed by atoms with Gasteiger partial charge < -0.3 is 20.5 Å². The lowest BCUT2D eigenvalue weighted by Gasteiger charge is -2.22. The largest absolute Gasteiger partial charge is 0.445 e. The van der Waals surface area contributed by atoms with E-state index in [0.29, 0.717) is 11.6 Å². The second kappa shape index (κ2) is 9.45. The number of ether oxygens (including phenoxy) is 1. The first-order valence-corrected chi connectivity index (χ1v) is 9.58. The number of pyridine rings is 1. The molecule has 10 nitrogen and oxygen atoms in total.